The number of rotatable bonds is 12. The fourth-order valence-corrected chi connectivity index (χ4v) is 4.32. The van der Waals surface area contributed by atoms with Crippen molar-refractivity contribution in [3.8, 4) is 5.75 Å². The zero-order valence-corrected chi connectivity index (χ0v) is 25.1. The summed E-state index contributed by atoms with van der Waals surface area (Å²) in [5, 5.41) is 4.72. The zero-order valence-electron chi connectivity index (χ0n) is 24.3. The van der Waals surface area contributed by atoms with Gasteiger partial charge in [-0.1, -0.05) is 54.2 Å². The van der Waals surface area contributed by atoms with Crippen LogP contribution in [-0.2, 0) is 14.3 Å². The topological polar surface area (TPSA) is 132 Å². The van der Waals surface area contributed by atoms with Gasteiger partial charge < -0.3 is 19.9 Å². The number of ether oxygens (including phenoxy) is 3. The molecule has 2 unspecified atom stereocenters. The number of hydrazone groups is 1. The molecule has 0 amide bonds. The summed E-state index contributed by atoms with van der Waals surface area (Å²) < 4.78 is 51.0. The molecule has 3 rings (SSSR count). The number of halogens is 3. The molecule has 10 nitrogen and oxygen atoms in total. The van der Waals surface area contributed by atoms with Crippen molar-refractivity contribution in [2.24, 2.45) is 25.8 Å². The second kappa shape index (κ2) is 16.9. The maximum atomic E-state index is 12.3. The minimum atomic E-state index is -4.73. The summed E-state index contributed by atoms with van der Waals surface area (Å²) in [6, 6.07) is 14.1. The van der Waals surface area contributed by atoms with Crippen LogP contribution in [0.25, 0.3) is 0 Å². The van der Waals surface area contributed by atoms with Crippen molar-refractivity contribution in [1.29, 1.82) is 0 Å². The first-order valence-electron chi connectivity index (χ1n) is 13.4. The van der Waals surface area contributed by atoms with Crippen molar-refractivity contribution in [2.75, 3.05) is 19.5 Å². The molecule has 0 radical (unpaired) electrons. The number of carbonyl (C=O) groups excluding carboxylic acids is 1. The number of nitrogens with zero attached hydrogens (tertiary/aromatic N) is 4. The molecule has 0 aromatic heterocycles. The highest BCUT2D eigenvalue weighted by Gasteiger charge is 2.32. The van der Waals surface area contributed by atoms with Gasteiger partial charge in [0.1, 0.15) is 23.7 Å². The molecule has 14 heteroatoms. The third-order valence-electron chi connectivity index (χ3n) is 5.85. The van der Waals surface area contributed by atoms with Crippen LogP contribution in [0, 0.1) is 0 Å². The molecule has 0 spiro atoms. The van der Waals surface area contributed by atoms with E-state index in [4.69, 9.17) is 15.2 Å². The predicted molar refractivity (Wildman–Crippen MR) is 167 cm³/mol. The number of allylic oxidation sites excluding steroid dienone is 1. The van der Waals surface area contributed by atoms with E-state index >= 15 is 0 Å². The van der Waals surface area contributed by atoms with Crippen molar-refractivity contribution in [1.82, 2.24) is 5.43 Å². The molecule has 0 saturated heterocycles. The third kappa shape index (κ3) is 12.0. The lowest BCUT2D eigenvalue weighted by molar-refractivity contribution is -0.303. The molecule has 0 aliphatic heterocycles. The number of hydrogen-bond donors (Lipinski definition) is 2. The molecule has 3 N–H and O–H groups in total. The lowest BCUT2D eigenvalue weighted by atomic mass is 10.1. The zero-order chi connectivity index (χ0) is 32.0. The van der Waals surface area contributed by atoms with Crippen molar-refractivity contribution in [2.45, 2.75) is 38.7 Å². The van der Waals surface area contributed by atoms with E-state index in [1.807, 2.05) is 31.2 Å². The first-order chi connectivity index (χ1) is 21.1. The Morgan fingerprint density at radius 1 is 1.18 bits per heavy atom. The third-order valence-corrected chi connectivity index (χ3v) is 6.70. The van der Waals surface area contributed by atoms with Gasteiger partial charge in [-0.05, 0) is 55.7 Å². The predicted octanol–water partition coefficient (Wildman–Crippen LogP) is 5.51. The van der Waals surface area contributed by atoms with Crippen molar-refractivity contribution in [3.63, 3.8) is 0 Å². The molecule has 2 aromatic carbocycles. The average molecular weight is 631 g/mol. The van der Waals surface area contributed by atoms with Gasteiger partial charge in [0.05, 0.1) is 37.8 Å². The molecule has 1 aliphatic rings. The normalized spacial score (nSPS) is 16.6. The second-order valence-electron chi connectivity index (χ2n) is 9.06. The quantitative estimate of drug-likeness (QED) is 0.137. The lowest BCUT2D eigenvalue weighted by Crippen LogP contribution is -2.18. The summed E-state index contributed by atoms with van der Waals surface area (Å²) in [6.45, 7) is 3.97. The second-order valence-corrected chi connectivity index (χ2v) is 10.0. The molecule has 1 aliphatic carbocycles. The highest BCUT2D eigenvalue weighted by molar-refractivity contribution is 8.14. The van der Waals surface area contributed by atoms with E-state index in [2.05, 4.69) is 30.2 Å². The van der Waals surface area contributed by atoms with Crippen LogP contribution in [0.5, 0.6) is 5.75 Å². The summed E-state index contributed by atoms with van der Waals surface area (Å²) in [4.78, 5) is 24.9. The number of amidine groups is 2. The molecule has 2 atom stereocenters. The van der Waals surface area contributed by atoms with Crippen molar-refractivity contribution < 1.29 is 32.2 Å². The Kier molecular flexibility index (Phi) is 13.0. The largest absolute Gasteiger partial charge is 0.573 e. The van der Waals surface area contributed by atoms with Gasteiger partial charge in [-0.15, -0.1) is 13.2 Å². The number of esters is 1. The fraction of sp³-hybridized carbons (Fsp3) is 0.300. The molecule has 2 aromatic rings. The summed E-state index contributed by atoms with van der Waals surface area (Å²) >= 11 is 1.18. The summed E-state index contributed by atoms with van der Waals surface area (Å²) in [5.41, 5.74) is 11.3. The minimum absolute atomic E-state index is 0.0718. The summed E-state index contributed by atoms with van der Waals surface area (Å²) in [6.07, 6.45) is 2.40. The molecule has 44 heavy (non-hydrogen) atoms. The number of carbonyl (C=O) groups is 1. The molecular formula is C30H33F3N6O4S. The van der Waals surface area contributed by atoms with Gasteiger partial charge in [0.15, 0.2) is 5.17 Å². The number of methoxy groups -OCH3 is 1. The van der Waals surface area contributed by atoms with E-state index in [1.54, 1.807) is 44.5 Å². The van der Waals surface area contributed by atoms with Crippen LogP contribution in [0.1, 0.15) is 43.0 Å². The first kappa shape index (κ1) is 33.9. The smallest absolute Gasteiger partial charge is 0.497 e. The number of thioether (sulfide) groups is 1. The Morgan fingerprint density at radius 2 is 1.91 bits per heavy atom. The summed E-state index contributed by atoms with van der Waals surface area (Å²) in [7, 11) is 1.60. The molecule has 0 saturated carbocycles. The van der Waals surface area contributed by atoms with Gasteiger partial charge >= 0.3 is 12.3 Å². The van der Waals surface area contributed by atoms with Crippen molar-refractivity contribution in [3.05, 3.63) is 89.2 Å². The highest BCUT2D eigenvalue weighted by Crippen LogP contribution is 2.24. The van der Waals surface area contributed by atoms with Gasteiger partial charge in [0.2, 0.25) is 0 Å². The van der Waals surface area contributed by atoms with E-state index in [-0.39, 0.29) is 48.4 Å². The van der Waals surface area contributed by atoms with E-state index in [9.17, 15) is 18.0 Å². The Morgan fingerprint density at radius 3 is 2.52 bits per heavy atom. The average Bonchev–Trinajstić information content (AvgIpc) is 3.00. The minimum Gasteiger partial charge on any atom is -0.497 e. The number of nitrogens with two attached hydrogens (primary N) is 1. The Hall–Kier alpha value is -4.59. The van der Waals surface area contributed by atoms with E-state index < -0.39 is 6.36 Å². The highest BCUT2D eigenvalue weighted by atomic mass is 32.2. The van der Waals surface area contributed by atoms with Gasteiger partial charge in [-0.3, -0.25) is 20.2 Å². The SMILES string of the molecule is CCOC(=O)CSC(=NC(C)c1ccc(OC)cc1)N/N=C/c1ccc(C(N)=NC=NC2C=CC(OC(F)(F)F)=CC2)cc1. The van der Waals surface area contributed by atoms with Gasteiger partial charge in [-0.25, -0.2) is 4.99 Å². The lowest BCUT2D eigenvalue weighted by Gasteiger charge is -2.14. The monoisotopic (exact) mass is 630 g/mol. The van der Waals surface area contributed by atoms with Crippen LogP contribution in [0.3, 0.4) is 0 Å². The molecule has 0 heterocycles. The van der Waals surface area contributed by atoms with Gasteiger partial charge in [0.25, 0.3) is 0 Å². The summed E-state index contributed by atoms with van der Waals surface area (Å²) in [5.74, 6) is 0.399. The maximum absolute atomic E-state index is 12.3. The fourth-order valence-electron chi connectivity index (χ4n) is 3.63. The molecule has 234 valence electrons. The molecule has 0 bridgehead atoms. The van der Waals surface area contributed by atoms with E-state index in [0.29, 0.717) is 10.7 Å². The number of hydrogen-bond acceptors (Lipinski definition) is 8. The number of alkyl halides is 3. The molecular weight excluding hydrogens is 597 g/mol. The Balaban J connectivity index is 1.59. The number of benzene rings is 2. The standard InChI is InChI=1S/C30H33F3N6O4S/c1-4-42-27(40)18-44-29(38-20(2)22-9-13-25(41-3)14-10-22)39-37-17-21-5-7-23(8-6-21)28(34)36-19-35-24-11-15-26(16-12-24)43-30(31,32)33/h5-11,13-17,19-20,24H,4,12,18H2,1-3H3,(H,38,39)(H2,34,35,36)/b37-17+. The maximum Gasteiger partial charge on any atom is 0.573 e. The first-order valence-corrected chi connectivity index (χ1v) is 14.4. The van der Waals surface area contributed by atoms with Crippen LogP contribution < -0.4 is 15.9 Å². The number of nitrogens with one attached hydrogen (secondary N) is 1. The van der Waals surface area contributed by atoms with Crippen LogP contribution in [0.2, 0.25) is 0 Å². The van der Waals surface area contributed by atoms with E-state index in [0.717, 1.165) is 16.9 Å². The Bertz CT molecular complexity index is 1420. The van der Waals surface area contributed by atoms with E-state index in [1.165, 1.54) is 36.3 Å². The molecule has 0 fully saturated rings. The number of aliphatic imine (C=N–C) groups is 3. The van der Waals surface area contributed by atoms with Gasteiger partial charge in [0, 0.05) is 5.56 Å². The van der Waals surface area contributed by atoms with Crippen LogP contribution in [-0.4, -0.2) is 61.4 Å². The van der Waals surface area contributed by atoms with Gasteiger partial charge in [-0.2, -0.15) is 5.10 Å². The van der Waals surface area contributed by atoms with Crippen LogP contribution >= 0.6 is 11.8 Å². The Labute approximate surface area is 257 Å². The van der Waals surface area contributed by atoms with Crippen molar-refractivity contribution >= 4 is 41.3 Å². The van der Waals surface area contributed by atoms with Crippen LogP contribution in [0.15, 0.2) is 92.6 Å². The van der Waals surface area contributed by atoms with Crippen LogP contribution in [0.4, 0.5) is 13.2 Å².